The SMILES string of the molecule is O=C(O)c1cc(Cl)ccc1CF. The largest absolute Gasteiger partial charge is 0.478 e. The maximum absolute atomic E-state index is 12.2. The van der Waals surface area contributed by atoms with Gasteiger partial charge < -0.3 is 5.11 Å². The molecule has 0 saturated carbocycles. The van der Waals surface area contributed by atoms with Crippen LogP contribution < -0.4 is 0 Å². The van der Waals surface area contributed by atoms with Gasteiger partial charge >= 0.3 is 5.97 Å². The molecular weight excluding hydrogens is 183 g/mol. The molecule has 0 fully saturated rings. The van der Waals surface area contributed by atoms with Gasteiger partial charge in [0.15, 0.2) is 0 Å². The summed E-state index contributed by atoms with van der Waals surface area (Å²) in [5.74, 6) is -1.16. The van der Waals surface area contributed by atoms with E-state index in [4.69, 9.17) is 16.7 Å². The quantitative estimate of drug-likeness (QED) is 0.774. The molecule has 0 aliphatic carbocycles. The Bertz CT molecular complexity index is 312. The van der Waals surface area contributed by atoms with E-state index in [9.17, 15) is 9.18 Å². The van der Waals surface area contributed by atoms with Crippen molar-refractivity contribution in [3.8, 4) is 0 Å². The van der Waals surface area contributed by atoms with E-state index in [1.54, 1.807) is 0 Å². The Balaban J connectivity index is 3.21. The van der Waals surface area contributed by atoms with Gasteiger partial charge in [-0.15, -0.1) is 0 Å². The third-order valence-electron chi connectivity index (χ3n) is 1.45. The van der Waals surface area contributed by atoms with Crippen molar-refractivity contribution in [2.75, 3.05) is 0 Å². The van der Waals surface area contributed by atoms with Gasteiger partial charge in [-0.2, -0.15) is 0 Å². The number of hydrogen-bond donors (Lipinski definition) is 1. The van der Waals surface area contributed by atoms with E-state index in [1.807, 2.05) is 0 Å². The molecule has 0 saturated heterocycles. The molecule has 1 N–H and O–H groups in total. The van der Waals surface area contributed by atoms with Crippen LogP contribution in [0.4, 0.5) is 4.39 Å². The summed E-state index contributed by atoms with van der Waals surface area (Å²) in [7, 11) is 0. The van der Waals surface area contributed by atoms with Crippen molar-refractivity contribution in [3.63, 3.8) is 0 Å². The first-order valence-corrected chi connectivity index (χ1v) is 3.60. The molecule has 0 aliphatic heterocycles. The fourth-order valence-electron chi connectivity index (χ4n) is 0.864. The molecule has 1 rings (SSSR count). The van der Waals surface area contributed by atoms with Gasteiger partial charge in [-0.1, -0.05) is 17.7 Å². The number of halogens is 2. The van der Waals surface area contributed by atoms with Gasteiger partial charge in [-0.05, 0) is 17.7 Å². The first-order chi connectivity index (χ1) is 5.65. The molecule has 12 heavy (non-hydrogen) atoms. The standard InChI is InChI=1S/C8H6ClFO2/c9-6-2-1-5(4-10)7(3-6)8(11)12/h1-3H,4H2,(H,11,12). The lowest BCUT2D eigenvalue weighted by Crippen LogP contribution is -2.00. The molecular formula is C8H6ClFO2. The molecule has 0 unspecified atom stereocenters. The van der Waals surface area contributed by atoms with Crippen LogP contribution >= 0.6 is 11.6 Å². The number of carbonyl (C=O) groups is 1. The van der Waals surface area contributed by atoms with Crippen LogP contribution in [0.3, 0.4) is 0 Å². The minimum atomic E-state index is -1.16. The van der Waals surface area contributed by atoms with Crippen molar-refractivity contribution >= 4 is 17.6 Å². The highest BCUT2D eigenvalue weighted by atomic mass is 35.5. The van der Waals surface area contributed by atoms with E-state index < -0.39 is 12.6 Å². The molecule has 0 aromatic heterocycles. The summed E-state index contributed by atoms with van der Waals surface area (Å²) in [6.07, 6.45) is 0. The van der Waals surface area contributed by atoms with Crippen LogP contribution in [0.2, 0.25) is 5.02 Å². The summed E-state index contributed by atoms with van der Waals surface area (Å²) in [6.45, 7) is -0.793. The minimum Gasteiger partial charge on any atom is -0.478 e. The van der Waals surface area contributed by atoms with Gasteiger partial charge in [-0.3, -0.25) is 0 Å². The molecule has 0 amide bonds. The Morgan fingerprint density at radius 1 is 1.58 bits per heavy atom. The van der Waals surface area contributed by atoms with Gasteiger partial charge in [0.25, 0.3) is 0 Å². The Morgan fingerprint density at radius 3 is 2.75 bits per heavy atom. The van der Waals surface area contributed by atoms with E-state index in [0.717, 1.165) is 0 Å². The van der Waals surface area contributed by atoms with E-state index in [-0.39, 0.29) is 11.1 Å². The van der Waals surface area contributed by atoms with E-state index >= 15 is 0 Å². The highest BCUT2D eigenvalue weighted by molar-refractivity contribution is 6.30. The zero-order valence-corrected chi connectivity index (χ0v) is 6.81. The maximum Gasteiger partial charge on any atom is 0.336 e. The van der Waals surface area contributed by atoms with Gasteiger partial charge in [0, 0.05) is 5.02 Å². The third-order valence-corrected chi connectivity index (χ3v) is 1.68. The molecule has 4 heteroatoms. The normalized spacial score (nSPS) is 9.83. The number of carboxylic acids is 1. The first-order valence-electron chi connectivity index (χ1n) is 3.23. The van der Waals surface area contributed by atoms with E-state index in [1.165, 1.54) is 18.2 Å². The number of benzene rings is 1. The number of rotatable bonds is 2. The second-order valence-electron chi connectivity index (χ2n) is 2.24. The summed E-state index contributed by atoms with van der Waals surface area (Å²) in [6, 6.07) is 4.06. The van der Waals surface area contributed by atoms with Crippen LogP contribution in [0.5, 0.6) is 0 Å². The zero-order chi connectivity index (χ0) is 9.14. The topological polar surface area (TPSA) is 37.3 Å². The van der Waals surface area contributed by atoms with Crippen molar-refractivity contribution in [1.29, 1.82) is 0 Å². The fourth-order valence-corrected chi connectivity index (χ4v) is 1.04. The number of aromatic carboxylic acids is 1. The lowest BCUT2D eigenvalue weighted by atomic mass is 10.1. The monoisotopic (exact) mass is 188 g/mol. The van der Waals surface area contributed by atoms with Gasteiger partial charge in [0.2, 0.25) is 0 Å². The molecule has 0 aliphatic rings. The summed E-state index contributed by atoms with van der Waals surface area (Å²) < 4.78 is 12.2. The second-order valence-corrected chi connectivity index (χ2v) is 2.68. The van der Waals surface area contributed by atoms with Crippen molar-refractivity contribution in [1.82, 2.24) is 0 Å². The highest BCUT2D eigenvalue weighted by Crippen LogP contribution is 2.16. The van der Waals surface area contributed by atoms with Gasteiger partial charge in [-0.25, -0.2) is 9.18 Å². The predicted molar refractivity (Wildman–Crippen MR) is 43.2 cm³/mol. The first kappa shape index (κ1) is 9.00. The molecule has 0 spiro atoms. The molecule has 64 valence electrons. The average molecular weight is 189 g/mol. The summed E-state index contributed by atoms with van der Waals surface area (Å²) in [4.78, 5) is 10.5. The van der Waals surface area contributed by atoms with Crippen LogP contribution in [-0.2, 0) is 6.67 Å². The summed E-state index contributed by atoms with van der Waals surface area (Å²) in [5, 5.41) is 8.89. The number of hydrogen-bond acceptors (Lipinski definition) is 1. The maximum atomic E-state index is 12.2. The molecule has 0 atom stereocenters. The van der Waals surface area contributed by atoms with Crippen molar-refractivity contribution in [2.24, 2.45) is 0 Å². The molecule has 1 aromatic carbocycles. The number of carboxylic acid groups (broad SMARTS) is 1. The fraction of sp³-hybridized carbons (Fsp3) is 0.125. The Labute approximate surface area is 73.6 Å². The Kier molecular flexibility index (Phi) is 2.65. The van der Waals surface area contributed by atoms with Crippen LogP contribution in [0, 0.1) is 0 Å². The molecule has 0 heterocycles. The van der Waals surface area contributed by atoms with Gasteiger partial charge in [0.1, 0.15) is 6.67 Å². The molecule has 0 bridgehead atoms. The average Bonchev–Trinajstić information content (AvgIpc) is 2.04. The highest BCUT2D eigenvalue weighted by Gasteiger charge is 2.09. The van der Waals surface area contributed by atoms with Crippen LogP contribution in [0.1, 0.15) is 15.9 Å². The molecule has 1 aromatic rings. The second kappa shape index (κ2) is 3.54. The van der Waals surface area contributed by atoms with Gasteiger partial charge in [0.05, 0.1) is 5.56 Å². The third kappa shape index (κ3) is 1.74. The predicted octanol–water partition coefficient (Wildman–Crippen LogP) is 2.51. The summed E-state index contributed by atoms with van der Waals surface area (Å²) >= 11 is 5.53. The number of alkyl halides is 1. The molecule has 2 nitrogen and oxygen atoms in total. The molecule has 0 radical (unpaired) electrons. The lowest BCUT2D eigenvalue weighted by molar-refractivity contribution is 0.0695. The van der Waals surface area contributed by atoms with Crippen molar-refractivity contribution in [3.05, 3.63) is 34.3 Å². The zero-order valence-electron chi connectivity index (χ0n) is 6.05. The van der Waals surface area contributed by atoms with Crippen LogP contribution in [0.25, 0.3) is 0 Å². The summed E-state index contributed by atoms with van der Waals surface area (Å²) in [5.41, 5.74) is 0.0666. The van der Waals surface area contributed by atoms with Crippen molar-refractivity contribution < 1.29 is 14.3 Å². The van der Waals surface area contributed by atoms with Crippen LogP contribution in [-0.4, -0.2) is 11.1 Å². The van der Waals surface area contributed by atoms with E-state index in [2.05, 4.69) is 0 Å². The lowest BCUT2D eigenvalue weighted by Gasteiger charge is -2.00. The Morgan fingerprint density at radius 2 is 2.25 bits per heavy atom. The Hall–Kier alpha value is -1.09. The smallest absolute Gasteiger partial charge is 0.336 e. The van der Waals surface area contributed by atoms with Crippen LogP contribution in [0.15, 0.2) is 18.2 Å². The van der Waals surface area contributed by atoms with E-state index in [0.29, 0.717) is 5.02 Å². The van der Waals surface area contributed by atoms with Crippen molar-refractivity contribution in [2.45, 2.75) is 6.67 Å². The minimum absolute atomic E-state index is 0.0787.